The Hall–Kier alpha value is -8.11. The topological polar surface area (TPSA) is 521 Å². The van der Waals surface area contributed by atoms with Crippen molar-refractivity contribution in [2.45, 2.75) is 141 Å². The van der Waals surface area contributed by atoms with Crippen LogP contribution in [0.3, 0.4) is 0 Å². The Bertz CT molecular complexity index is 2220. The molecule has 17 N–H and O–H groups in total. The van der Waals surface area contributed by atoms with Crippen LogP contribution in [-0.4, -0.2) is 215 Å². The molecule has 34 nitrogen and oxygen atoms in total. The molecule has 1 saturated heterocycles. The van der Waals surface area contributed by atoms with E-state index >= 15 is 0 Å². The van der Waals surface area contributed by atoms with E-state index in [1.165, 1.54) is 0 Å². The maximum Gasteiger partial charge on any atom is 0.322 e. The van der Waals surface area contributed by atoms with Gasteiger partial charge in [0.15, 0.2) is 18.3 Å². The molecule has 1 aliphatic heterocycles. The largest absolute Gasteiger partial charge is 0.480 e. The molecule has 0 bridgehead atoms. The van der Waals surface area contributed by atoms with Gasteiger partial charge in [-0.05, 0) is 57.8 Å². The Morgan fingerprint density at radius 2 is 0.695 bits per heavy atom. The third kappa shape index (κ3) is 33.5. The Morgan fingerprint density at radius 3 is 1.04 bits per heavy atom. The number of ether oxygens (including phenoxy) is 5. The van der Waals surface area contributed by atoms with Gasteiger partial charge in [-0.15, -0.1) is 0 Å². The van der Waals surface area contributed by atoms with Gasteiger partial charge in [0.25, 0.3) is 0 Å². The van der Waals surface area contributed by atoms with Gasteiger partial charge in [-0.3, -0.25) is 71.9 Å². The Balaban J connectivity index is 2.25. The molecule has 1 heterocycles. The molecule has 0 spiro atoms. The molecule has 1 rings (SSSR count). The van der Waals surface area contributed by atoms with Crippen molar-refractivity contribution in [2.24, 2.45) is 17.2 Å². The van der Waals surface area contributed by atoms with Gasteiger partial charge in [-0.2, -0.15) is 0 Å². The van der Waals surface area contributed by atoms with Crippen molar-refractivity contribution in [3.8, 4) is 0 Å². The minimum atomic E-state index is -1.43. The van der Waals surface area contributed by atoms with Crippen LogP contribution in [0.25, 0.3) is 0 Å². The summed E-state index contributed by atoms with van der Waals surface area (Å²) in [5.41, 5.74) is 17.7. The molecule has 82 heavy (non-hydrogen) atoms. The standard InChI is InChI=1S/C48H79N13O21/c1-26(62)78-25-34-44(80-28(3)64)45(81-29(4)65)43(79-27(2)63)33(82-34)17-35(66)52-14-8-5-11-30(49)46(75)59-21-39(70)55-18-36(67)53-15-9-6-12-31(50)47(76)60-22-40(71)56-19-37(68)54-16-10-7-13-32(51)48(77)61-23-41(72)57-20-38(69)58-24-42(73)74/h30-34,43-45H,5-25,49-51H2,1-4H3,(H,52,66)(H,53,67)(H,54,68)(H,55,70)(H,56,71)(H,57,72)(H,58,69)(H,59,75)(H,60,76)(H,61,77)(H,73,74)/t30-,31-,32-,33+,34+,43-,44-,45+/m0/s1. The summed E-state index contributed by atoms with van der Waals surface area (Å²) in [5.74, 6) is -10.7. The summed E-state index contributed by atoms with van der Waals surface area (Å²) in [5, 5.41) is 32.4. The van der Waals surface area contributed by atoms with Crippen LogP contribution >= 0.6 is 0 Å². The fourth-order valence-corrected chi connectivity index (χ4v) is 7.26. The average molecular weight is 1170 g/mol. The van der Waals surface area contributed by atoms with Crippen molar-refractivity contribution in [1.29, 1.82) is 0 Å². The van der Waals surface area contributed by atoms with E-state index in [0.29, 0.717) is 38.5 Å². The number of carboxylic acid groups (broad SMARTS) is 1. The van der Waals surface area contributed by atoms with E-state index in [9.17, 15) is 71.9 Å². The molecule has 462 valence electrons. The number of carboxylic acids is 1. The molecular formula is C48H79N13O21. The van der Waals surface area contributed by atoms with E-state index in [1.807, 2.05) is 0 Å². The Kier molecular flexibility index (Phi) is 35.2. The number of amides is 10. The van der Waals surface area contributed by atoms with Gasteiger partial charge in [0.1, 0.15) is 25.4 Å². The molecule has 0 aromatic heterocycles. The Labute approximate surface area is 471 Å². The number of rotatable bonds is 39. The molecule has 1 fully saturated rings. The number of carbonyl (C=O) groups is 15. The number of esters is 4. The van der Waals surface area contributed by atoms with Gasteiger partial charge in [-0.1, -0.05) is 0 Å². The zero-order valence-electron chi connectivity index (χ0n) is 46.3. The molecule has 0 radical (unpaired) electrons. The lowest BCUT2D eigenvalue weighted by molar-refractivity contribution is -0.252. The second kappa shape index (κ2) is 40.1. The molecular weight excluding hydrogens is 1090 g/mol. The first-order valence-corrected chi connectivity index (χ1v) is 26.2. The van der Waals surface area contributed by atoms with Crippen molar-refractivity contribution >= 4 is 88.9 Å². The van der Waals surface area contributed by atoms with E-state index in [4.69, 9.17) is 46.0 Å². The minimum Gasteiger partial charge on any atom is -0.480 e. The fraction of sp³-hybridized carbons (Fsp3) is 0.688. The van der Waals surface area contributed by atoms with Crippen molar-refractivity contribution in [3.63, 3.8) is 0 Å². The van der Waals surface area contributed by atoms with Gasteiger partial charge in [-0.25, -0.2) is 0 Å². The predicted octanol–water partition coefficient (Wildman–Crippen LogP) is -7.76. The van der Waals surface area contributed by atoms with Gasteiger partial charge < -0.3 is 99.2 Å². The summed E-state index contributed by atoms with van der Waals surface area (Å²) < 4.78 is 27.1. The van der Waals surface area contributed by atoms with Crippen molar-refractivity contribution in [3.05, 3.63) is 0 Å². The molecule has 0 unspecified atom stereocenters. The summed E-state index contributed by atoms with van der Waals surface area (Å²) >= 11 is 0. The fourth-order valence-electron chi connectivity index (χ4n) is 7.26. The number of unbranched alkanes of at least 4 members (excludes halogenated alkanes) is 3. The van der Waals surface area contributed by atoms with E-state index in [1.54, 1.807) is 0 Å². The lowest BCUT2D eigenvalue weighted by Crippen LogP contribution is -2.62. The second-order valence-electron chi connectivity index (χ2n) is 18.5. The van der Waals surface area contributed by atoms with Crippen molar-refractivity contribution < 1.29 is 101 Å². The monoisotopic (exact) mass is 1170 g/mol. The number of carbonyl (C=O) groups excluding carboxylic acids is 14. The number of hydrogen-bond acceptors (Lipinski definition) is 23. The van der Waals surface area contributed by atoms with Gasteiger partial charge in [0.05, 0.1) is 63.8 Å². The summed E-state index contributed by atoms with van der Waals surface area (Å²) in [4.78, 5) is 180. The molecule has 10 amide bonds. The maximum atomic E-state index is 13.0. The quantitative estimate of drug-likeness (QED) is 0.0154. The zero-order chi connectivity index (χ0) is 61.7. The van der Waals surface area contributed by atoms with Gasteiger partial charge in [0.2, 0.25) is 59.1 Å². The van der Waals surface area contributed by atoms with E-state index < -0.39 is 190 Å². The first kappa shape index (κ1) is 71.9. The molecule has 0 saturated carbocycles. The highest BCUT2D eigenvalue weighted by molar-refractivity contribution is 5.92. The van der Waals surface area contributed by atoms with Crippen LogP contribution in [0.2, 0.25) is 0 Å². The molecule has 0 aromatic rings. The summed E-state index contributed by atoms with van der Waals surface area (Å²) in [6.45, 7) is 1.13. The maximum absolute atomic E-state index is 13.0. The highest BCUT2D eigenvalue weighted by Gasteiger charge is 2.52. The van der Waals surface area contributed by atoms with Crippen molar-refractivity contribution in [2.75, 3.05) is 72.1 Å². The molecule has 34 heteroatoms. The highest BCUT2D eigenvalue weighted by Crippen LogP contribution is 2.31. The number of aliphatic carboxylic acids is 1. The SMILES string of the molecule is CC(=O)OC[C@H]1O[C@H](CC(=O)NCCCC[C@H](N)C(=O)NCC(=O)NCC(=O)NCCCC[C@H](N)C(=O)NCC(=O)NCC(=O)NCCCC[C@H](N)C(=O)NCC(=O)NCC(=O)NCC(=O)O)[C@H](OC(C)=O)[C@@H](OC(C)=O)[C@H]1OC(C)=O. The lowest BCUT2D eigenvalue weighted by Gasteiger charge is -2.44. The summed E-state index contributed by atoms with van der Waals surface area (Å²) in [6.07, 6.45) is -4.10. The van der Waals surface area contributed by atoms with Crippen LogP contribution in [0.4, 0.5) is 0 Å². The lowest BCUT2D eigenvalue weighted by atomic mass is 9.92. The molecule has 0 aliphatic carbocycles. The van der Waals surface area contributed by atoms with Crippen LogP contribution in [0.5, 0.6) is 0 Å². The van der Waals surface area contributed by atoms with E-state index in [0.717, 1.165) is 27.7 Å². The number of hydrogen-bond donors (Lipinski definition) is 14. The highest BCUT2D eigenvalue weighted by atomic mass is 16.7. The number of nitrogens with one attached hydrogen (secondary N) is 10. The molecule has 1 aliphatic rings. The normalized spacial score (nSPS) is 17.2. The van der Waals surface area contributed by atoms with Crippen molar-refractivity contribution in [1.82, 2.24) is 53.2 Å². The molecule has 8 atom stereocenters. The van der Waals surface area contributed by atoms with Crippen LogP contribution < -0.4 is 70.4 Å². The summed E-state index contributed by atoms with van der Waals surface area (Å²) in [7, 11) is 0. The van der Waals surface area contributed by atoms with E-state index in [-0.39, 0.29) is 45.4 Å². The van der Waals surface area contributed by atoms with E-state index in [2.05, 4.69) is 53.2 Å². The van der Waals surface area contributed by atoms with Crippen LogP contribution in [0.15, 0.2) is 0 Å². The third-order valence-corrected chi connectivity index (χ3v) is 11.3. The smallest absolute Gasteiger partial charge is 0.322 e. The summed E-state index contributed by atoms with van der Waals surface area (Å²) in [6, 6.07) is -2.96. The Morgan fingerprint density at radius 1 is 0.390 bits per heavy atom. The number of nitrogens with two attached hydrogens (primary N) is 3. The predicted molar refractivity (Wildman–Crippen MR) is 280 cm³/mol. The third-order valence-electron chi connectivity index (χ3n) is 11.3. The minimum absolute atomic E-state index is 0.114. The van der Waals surface area contributed by atoms with Gasteiger partial charge in [0, 0.05) is 47.3 Å². The van der Waals surface area contributed by atoms with Crippen LogP contribution in [0, 0.1) is 0 Å². The van der Waals surface area contributed by atoms with Crippen LogP contribution in [0.1, 0.15) is 91.9 Å². The molecule has 0 aromatic carbocycles. The van der Waals surface area contributed by atoms with Gasteiger partial charge >= 0.3 is 29.8 Å². The second-order valence-corrected chi connectivity index (χ2v) is 18.5. The van der Waals surface area contributed by atoms with Crippen LogP contribution in [-0.2, 0) is 95.6 Å². The first-order valence-electron chi connectivity index (χ1n) is 26.2. The average Bonchev–Trinajstić information content (AvgIpc) is 3.56. The first-order chi connectivity index (χ1) is 38.7. The zero-order valence-corrected chi connectivity index (χ0v) is 46.3.